The van der Waals surface area contributed by atoms with Crippen LogP contribution in [0.3, 0.4) is 0 Å². The number of carbonyl (C=O) groups is 2. The van der Waals surface area contributed by atoms with Crippen molar-refractivity contribution in [1.29, 1.82) is 0 Å². The van der Waals surface area contributed by atoms with Crippen LogP contribution in [0.15, 0.2) is 0 Å². The Balaban J connectivity index is 2.42. The molecule has 0 aromatic carbocycles. The first-order valence-corrected chi connectivity index (χ1v) is 7.29. The van der Waals surface area contributed by atoms with E-state index in [1.54, 1.807) is 0 Å². The molecule has 1 aliphatic rings. The smallest absolute Gasteiger partial charge is 0.303 e. The lowest BCUT2D eigenvalue weighted by atomic mass is 9.94. The van der Waals surface area contributed by atoms with Gasteiger partial charge in [0.2, 0.25) is 5.91 Å². The van der Waals surface area contributed by atoms with Crippen LogP contribution >= 0.6 is 0 Å². The zero-order valence-electron chi connectivity index (χ0n) is 11.7. The Labute approximate surface area is 114 Å². The van der Waals surface area contributed by atoms with Crippen molar-refractivity contribution in [2.24, 2.45) is 17.6 Å². The van der Waals surface area contributed by atoms with Crippen LogP contribution < -0.4 is 11.1 Å². The lowest BCUT2D eigenvalue weighted by molar-refractivity contribution is -0.138. The quantitative estimate of drug-likeness (QED) is 0.638. The normalized spacial score (nSPS) is 25.4. The van der Waals surface area contributed by atoms with Crippen molar-refractivity contribution < 1.29 is 14.7 Å². The minimum absolute atomic E-state index is 0.00163. The van der Waals surface area contributed by atoms with Crippen LogP contribution in [-0.2, 0) is 9.59 Å². The van der Waals surface area contributed by atoms with Gasteiger partial charge in [0.15, 0.2) is 0 Å². The second-order valence-electron chi connectivity index (χ2n) is 5.53. The second-order valence-corrected chi connectivity index (χ2v) is 5.53. The third-order valence-corrected chi connectivity index (χ3v) is 4.01. The van der Waals surface area contributed by atoms with Crippen molar-refractivity contribution >= 4 is 11.9 Å². The molecule has 19 heavy (non-hydrogen) atoms. The predicted octanol–water partition coefficient (Wildman–Crippen LogP) is 1.51. The highest BCUT2D eigenvalue weighted by molar-refractivity contribution is 5.79. The molecule has 4 N–H and O–H groups in total. The largest absolute Gasteiger partial charge is 0.481 e. The molecule has 0 aromatic heterocycles. The maximum absolute atomic E-state index is 12.1. The van der Waals surface area contributed by atoms with Gasteiger partial charge in [0.05, 0.1) is 5.92 Å². The van der Waals surface area contributed by atoms with Gasteiger partial charge in [-0.2, -0.15) is 0 Å². The molecule has 0 aliphatic heterocycles. The Hall–Kier alpha value is -1.10. The van der Waals surface area contributed by atoms with Crippen molar-refractivity contribution in [3.63, 3.8) is 0 Å². The molecule has 1 amide bonds. The predicted molar refractivity (Wildman–Crippen MR) is 73.6 cm³/mol. The summed E-state index contributed by atoms with van der Waals surface area (Å²) in [7, 11) is 0. The van der Waals surface area contributed by atoms with E-state index in [9.17, 15) is 9.59 Å². The van der Waals surface area contributed by atoms with E-state index in [0.717, 1.165) is 38.5 Å². The number of carboxylic acids is 1. The minimum atomic E-state index is -0.813. The van der Waals surface area contributed by atoms with Crippen molar-refractivity contribution in [3.8, 4) is 0 Å². The monoisotopic (exact) mass is 270 g/mol. The summed E-state index contributed by atoms with van der Waals surface area (Å²) >= 11 is 0. The Morgan fingerprint density at radius 3 is 2.63 bits per heavy atom. The molecule has 1 aliphatic carbocycles. The molecule has 1 fully saturated rings. The summed E-state index contributed by atoms with van der Waals surface area (Å²) in [6.07, 6.45) is 5.91. The number of carbonyl (C=O) groups excluding carboxylic acids is 1. The van der Waals surface area contributed by atoms with E-state index in [-0.39, 0.29) is 30.2 Å². The Bertz CT molecular complexity index is 307. The summed E-state index contributed by atoms with van der Waals surface area (Å²) in [5.74, 6) is -0.918. The number of hydrogen-bond acceptors (Lipinski definition) is 3. The maximum atomic E-state index is 12.1. The SMILES string of the molecule is CCC(CNC(=O)C1CCCCCC1N)CC(=O)O. The van der Waals surface area contributed by atoms with Crippen molar-refractivity contribution in [2.45, 2.75) is 57.9 Å². The zero-order chi connectivity index (χ0) is 14.3. The van der Waals surface area contributed by atoms with E-state index >= 15 is 0 Å². The summed E-state index contributed by atoms with van der Waals surface area (Å²) in [6, 6.07) is -0.0537. The molecular weight excluding hydrogens is 244 g/mol. The number of aliphatic carboxylic acids is 1. The number of hydrogen-bond donors (Lipinski definition) is 3. The van der Waals surface area contributed by atoms with Crippen molar-refractivity contribution in [2.75, 3.05) is 6.54 Å². The van der Waals surface area contributed by atoms with Gasteiger partial charge < -0.3 is 16.2 Å². The topological polar surface area (TPSA) is 92.4 Å². The van der Waals surface area contributed by atoms with E-state index in [1.807, 2.05) is 6.92 Å². The Morgan fingerprint density at radius 2 is 2.00 bits per heavy atom. The van der Waals surface area contributed by atoms with Crippen LogP contribution in [0.1, 0.15) is 51.9 Å². The molecule has 0 aromatic rings. The number of carboxylic acid groups (broad SMARTS) is 1. The van der Waals surface area contributed by atoms with Gasteiger partial charge in [-0.25, -0.2) is 0 Å². The molecule has 1 rings (SSSR count). The van der Waals surface area contributed by atoms with Gasteiger partial charge >= 0.3 is 5.97 Å². The molecule has 3 atom stereocenters. The number of amides is 1. The third-order valence-electron chi connectivity index (χ3n) is 4.01. The second kappa shape index (κ2) is 8.15. The van der Waals surface area contributed by atoms with Crippen LogP contribution in [0.25, 0.3) is 0 Å². The highest BCUT2D eigenvalue weighted by Crippen LogP contribution is 2.22. The maximum Gasteiger partial charge on any atom is 0.303 e. The van der Waals surface area contributed by atoms with Gasteiger partial charge in [-0.1, -0.05) is 32.6 Å². The lowest BCUT2D eigenvalue weighted by Gasteiger charge is -2.22. The van der Waals surface area contributed by atoms with Crippen LogP contribution in [0, 0.1) is 11.8 Å². The molecule has 5 nitrogen and oxygen atoms in total. The van der Waals surface area contributed by atoms with Gasteiger partial charge in [0.25, 0.3) is 0 Å². The van der Waals surface area contributed by atoms with Gasteiger partial charge in [-0.15, -0.1) is 0 Å². The first kappa shape index (κ1) is 16.0. The van der Waals surface area contributed by atoms with E-state index in [1.165, 1.54) is 0 Å². The van der Waals surface area contributed by atoms with Crippen molar-refractivity contribution in [1.82, 2.24) is 5.32 Å². The summed E-state index contributed by atoms with van der Waals surface area (Å²) in [6.45, 7) is 2.38. The molecule has 0 bridgehead atoms. The molecule has 0 radical (unpaired) electrons. The third kappa shape index (κ3) is 5.59. The summed E-state index contributed by atoms with van der Waals surface area (Å²) in [5, 5.41) is 11.7. The summed E-state index contributed by atoms with van der Waals surface area (Å²) in [4.78, 5) is 22.8. The fraction of sp³-hybridized carbons (Fsp3) is 0.857. The minimum Gasteiger partial charge on any atom is -0.481 e. The average Bonchev–Trinajstić information content (AvgIpc) is 2.58. The van der Waals surface area contributed by atoms with Crippen LogP contribution in [0.5, 0.6) is 0 Å². The first-order chi connectivity index (χ1) is 9.04. The number of rotatable bonds is 6. The molecule has 0 heterocycles. The molecular formula is C14H26N2O3. The number of nitrogens with two attached hydrogens (primary N) is 1. The van der Waals surface area contributed by atoms with E-state index < -0.39 is 5.97 Å². The molecule has 5 heteroatoms. The zero-order valence-corrected chi connectivity index (χ0v) is 11.7. The fourth-order valence-corrected chi connectivity index (χ4v) is 2.65. The van der Waals surface area contributed by atoms with E-state index in [2.05, 4.69) is 5.32 Å². The molecule has 1 saturated carbocycles. The van der Waals surface area contributed by atoms with Gasteiger partial charge in [-0.05, 0) is 18.8 Å². The standard InChI is InChI=1S/C14H26N2O3/c1-2-10(8-13(17)18)9-16-14(19)11-6-4-3-5-7-12(11)15/h10-12H,2-9,15H2,1H3,(H,16,19)(H,17,18). The number of nitrogens with one attached hydrogen (secondary N) is 1. The molecule has 110 valence electrons. The van der Waals surface area contributed by atoms with Gasteiger partial charge in [0, 0.05) is 19.0 Å². The van der Waals surface area contributed by atoms with Crippen molar-refractivity contribution in [3.05, 3.63) is 0 Å². The highest BCUT2D eigenvalue weighted by Gasteiger charge is 2.27. The van der Waals surface area contributed by atoms with Crippen LogP contribution in [0.2, 0.25) is 0 Å². The van der Waals surface area contributed by atoms with E-state index in [4.69, 9.17) is 10.8 Å². The van der Waals surface area contributed by atoms with Gasteiger partial charge in [-0.3, -0.25) is 9.59 Å². The molecule has 3 unspecified atom stereocenters. The molecule has 0 saturated heterocycles. The summed E-state index contributed by atoms with van der Waals surface area (Å²) < 4.78 is 0. The lowest BCUT2D eigenvalue weighted by Crippen LogP contribution is -2.42. The Kier molecular flexibility index (Phi) is 6.84. The Morgan fingerprint density at radius 1 is 1.32 bits per heavy atom. The highest BCUT2D eigenvalue weighted by atomic mass is 16.4. The van der Waals surface area contributed by atoms with Crippen LogP contribution in [-0.4, -0.2) is 29.6 Å². The van der Waals surface area contributed by atoms with Gasteiger partial charge in [0.1, 0.15) is 0 Å². The molecule has 0 spiro atoms. The summed E-state index contributed by atoms with van der Waals surface area (Å²) in [5.41, 5.74) is 6.04. The van der Waals surface area contributed by atoms with E-state index in [0.29, 0.717) is 6.54 Å². The fourth-order valence-electron chi connectivity index (χ4n) is 2.65. The van der Waals surface area contributed by atoms with Crippen LogP contribution in [0.4, 0.5) is 0 Å². The first-order valence-electron chi connectivity index (χ1n) is 7.29. The average molecular weight is 270 g/mol.